The first-order chi connectivity index (χ1) is 15.3. The second-order valence-electron chi connectivity index (χ2n) is 8.99. The van der Waals surface area contributed by atoms with Gasteiger partial charge in [0, 0.05) is 29.5 Å². The molecule has 4 rings (SSSR count). The van der Waals surface area contributed by atoms with Gasteiger partial charge in [0.15, 0.2) is 11.4 Å². The van der Waals surface area contributed by atoms with E-state index in [-0.39, 0.29) is 0 Å². The maximum atomic E-state index is 16.1. The number of benzene rings is 1. The van der Waals surface area contributed by atoms with E-state index in [2.05, 4.69) is 6.92 Å². The van der Waals surface area contributed by atoms with Crippen LogP contribution in [0.15, 0.2) is 42.1 Å². The Morgan fingerprint density at radius 3 is 2.50 bits per heavy atom. The fourth-order valence-corrected chi connectivity index (χ4v) is 5.06. The zero-order valence-corrected chi connectivity index (χ0v) is 19.4. The van der Waals surface area contributed by atoms with E-state index in [0.29, 0.717) is 41.0 Å². The van der Waals surface area contributed by atoms with Crippen molar-refractivity contribution in [1.29, 1.82) is 0 Å². The van der Waals surface area contributed by atoms with E-state index < -0.39 is 6.97 Å². The third-order valence-electron chi connectivity index (χ3n) is 6.92. The zero-order chi connectivity index (χ0) is 23.0. The maximum absolute atomic E-state index is 16.1. The summed E-state index contributed by atoms with van der Waals surface area (Å²) < 4.78 is 39.8. The molecule has 0 aliphatic carbocycles. The third-order valence-corrected chi connectivity index (χ3v) is 6.92. The van der Waals surface area contributed by atoms with Gasteiger partial charge in [-0.3, -0.25) is 0 Å². The molecular weight excluding hydrogens is 407 g/mol. The molecule has 0 fully saturated rings. The lowest BCUT2D eigenvalue weighted by atomic mass is 9.90. The maximum Gasteiger partial charge on any atom is 0.737 e. The molecular formula is C25H32BF2N3O. The Hall–Kier alpha value is -2.67. The van der Waals surface area contributed by atoms with Crippen LogP contribution in [0.25, 0.3) is 6.08 Å². The van der Waals surface area contributed by atoms with Crippen molar-refractivity contribution in [3.63, 3.8) is 0 Å². The predicted octanol–water partition coefficient (Wildman–Crippen LogP) is 5.07. The molecule has 1 aromatic heterocycles. The molecule has 32 heavy (non-hydrogen) atoms. The highest BCUT2D eigenvalue weighted by molar-refractivity contribution is 6.58. The number of rotatable bonds is 8. The van der Waals surface area contributed by atoms with Crippen LogP contribution < -0.4 is 10.5 Å². The van der Waals surface area contributed by atoms with E-state index in [1.165, 1.54) is 8.96 Å². The Kier molecular flexibility index (Phi) is 6.12. The van der Waals surface area contributed by atoms with Gasteiger partial charge in [-0.25, -0.2) is 0 Å². The number of halogens is 2. The summed E-state index contributed by atoms with van der Waals surface area (Å²) in [5.41, 5.74) is 10.7. The quantitative estimate of drug-likeness (QED) is 0.584. The third kappa shape index (κ3) is 3.73. The summed E-state index contributed by atoms with van der Waals surface area (Å²) in [6.07, 6.45) is 9.33. The lowest BCUT2D eigenvalue weighted by Crippen LogP contribution is -2.50. The van der Waals surface area contributed by atoms with Gasteiger partial charge in [0.1, 0.15) is 5.75 Å². The van der Waals surface area contributed by atoms with Crippen LogP contribution in [0.3, 0.4) is 0 Å². The van der Waals surface area contributed by atoms with Gasteiger partial charge in [0.25, 0.3) is 0 Å². The topological polar surface area (TPSA) is 43.2 Å². The summed E-state index contributed by atoms with van der Waals surface area (Å²) in [5.74, 6) is 1.23. The van der Waals surface area contributed by atoms with Gasteiger partial charge < -0.3 is 28.1 Å². The summed E-state index contributed by atoms with van der Waals surface area (Å²) in [6, 6.07) is 7.25. The van der Waals surface area contributed by atoms with Crippen LogP contribution in [-0.4, -0.2) is 35.3 Å². The van der Waals surface area contributed by atoms with Gasteiger partial charge >= 0.3 is 6.97 Å². The minimum Gasteiger partial charge on any atom is -0.497 e. The normalized spacial score (nSPS) is 17.3. The molecule has 0 saturated heterocycles. The Bertz CT molecular complexity index is 1110. The number of allylic oxidation sites excluding steroid dienone is 2. The van der Waals surface area contributed by atoms with Crippen LogP contribution in [0, 0.1) is 19.8 Å². The number of methoxy groups -OCH3 is 1. The molecule has 2 aliphatic heterocycles. The van der Waals surface area contributed by atoms with E-state index >= 15 is 8.63 Å². The standard InChI is InChI=1S/C25H32BF2N3O/c1-17(6-5-15-29)7-13-23-18(2)25-16-21-10-14-24(20-8-11-22(32-4)12-9-20)31(21)26(27,28)30(25)19(23)3/h8-12,14,16-17H,5-7,13,15,29H2,1-4H3. The van der Waals surface area contributed by atoms with Gasteiger partial charge in [-0.2, -0.15) is 0 Å². The Balaban J connectivity index is 1.73. The smallest absolute Gasteiger partial charge is 0.497 e. The van der Waals surface area contributed by atoms with E-state index in [4.69, 9.17) is 10.5 Å². The number of ether oxygens (including phenoxy) is 1. The number of hydrogen-bond donors (Lipinski definition) is 1. The minimum absolute atomic E-state index is 0.511. The molecule has 4 nitrogen and oxygen atoms in total. The number of nitrogens with zero attached hydrogens (tertiary/aromatic N) is 2. The first-order valence-electron chi connectivity index (χ1n) is 11.4. The van der Waals surface area contributed by atoms with Crippen LogP contribution in [0.4, 0.5) is 8.63 Å². The van der Waals surface area contributed by atoms with Gasteiger partial charge in [-0.1, -0.05) is 6.92 Å². The Morgan fingerprint density at radius 2 is 1.84 bits per heavy atom. The summed E-state index contributed by atoms with van der Waals surface area (Å²) in [6.45, 7) is 2.71. The second-order valence-corrected chi connectivity index (χ2v) is 8.99. The second kappa shape index (κ2) is 8.70. The number of hydrogen-bond acceptors (Lipinski definition) is 2. The molecule has 0 saturated carbocycles. The minimum atomic E-state index is -4.01. The molecule has 1 aromatic carbocycles. The van der Waals surface area contributed by atoms with E-state index in [1.54, 1.807) is 31.4 Å². The predicted molar refractivity (Wildman–Crippen MR) is 128 cm³/mol. The molecule has 0 amide bonds. The number of fused-ring (bicyclic) bond motifs is 2. The van der Waals surface area contributed by atoms with Crippen molar-refractivity contribution in [2.24, 2.45) is 11.7 Å². The fourth-order valence-electron chi connectivity index (χ4n) is 5.06. The summed E-state index contributed by atoms with van der Waals surface area (Å²) in [7, 11) is 1.59. The molecule has 1 atom stereocenters. The molecule has 0 spiro atoms. The molecule has 0 bridgehead atoms. The summed E-state index contributed by atoms with van der Waals surface area (Å²) >= 11 is 0. The zero-order valence-electron chi connectivity index (χ0n) is 19.4. The van der Waals surface area contributed by atoms with Crippen molar-refractivity contribution in [2.75, 3.05) is 13.7 Å². The van der Waals surface area contributed by atoms with Gasteiger partial charge in [0.2, 0.25) is 0 Å². The Labute approximate surface area is 189 Å². The van der Waals surface area contributed by atoms with E-state index in [9.17, 15) is 0 Å². The van der Waals surface area contributed by atoms with Gasteiger partial charge in [-0.05, 0) is 93.1 Å². The van der Waals surface area contributed by atoms with Crippen molar-refractivity contribution in [2.45, 2.75) is 46.5 Å². The molecule has 0 radical (unpaired) electrons. The summed E-state index contributed by atoms with van der Waals surface area (Å²) in [4.78, 5) is 0. The van der Waals surface area contributed by atoms with Gasteiger partial charge in [-0.15, -0.1) is 0 Å². The van der Waals surface area contributed by atoms with Crippen molar-refractivity contribution in [3.05, 3.63) is 70.2 Å². The monoisotopic (exact) mass is 439 g/mol. The average Bonchev–Trinajstić information content (AvgIpc) is 3.31. The molecule has 2 N–H and O–H groups in total. The largest absolute Gasteiger partial charge is 0.737 e. The van der Waals surface area contributed by atoms with Crippen LogP contribution in [0.2, 0.25) is 0 Å². The lowest BCUT2D eigenvalue weighted by molar-refractivity contribution is -0.360. The van der Waals surface area contributed by atoms with Crippen LogP contribution >= 0.6 is 0 Å². The van der Waals surface area contributed by atoms with Crippen molar-refractivity contribution in [3.8, 4) is 5.75 Å². The molecule has 2 aromatic rings. The highest BCUT2D eigenvalue weighted by Gasteiger charge is 2.53. The average molecular weight is 439 g/mol. The van der Waals surface area contributed by atoms with Gasteiger partial charge in [0.05, 0.1) is 7.11 Å². The SMILES string of the molecule is COc1ccc(C2=[N+]3C(=Cc4c(C)c(CCC(C)CCCN)c(C)n4[B-]3(F)F)C=C2)cc1. The highest BCUT2D eigenvalue weighted by atomic mass is 19.2. The first kappa shape index (κ1) is 22.5. The molecule has 1 unspecified atom stereocenters. The molecule has 7 heteroatoms. The first-order valence-corrected chi connectivity index (χ1v) is 11.4. The van der Waals surface area contributed by atoms with E-state index in [1.807, 2.05) is 32.1 Å². The van der Waals surface area contributed by atoms with Crippen LogP contribution in [0.1, 0.15) is 54.3 Å². The van der Waals surface area contributed by atoms with Crippen molar-refractivity contribution >= 4 is 18.8 Å². The van der Waals surface area contributed by atoms with Crippen LogP contribution in [-0.2, 0) is 6.42 Å². The summed E-state index contributed by atoms with van der Waals surface area (Å²) in [5, 5.41) is 0. The number of nitrogens with two attached hydrogens (primary N) is 1. The van der Waals surface area contributed by atoms with Crippen LogP contribution in [0.5, 0.6) is 5.75 Å². The fraction of sp³-hybridized carbons (Fsp3) is 0.400. The lowest BCUT2D eigenvalue weighted by Gasteiger charge is -2.30. The van der Waals surface area contributed by atoms with Crippen molar-refractivity contribution in [1.82, 2.24) is 4.48 Å². The molecule has 2 aliphatic rings. The highest BCUT2D eigenvalue weighted by Crippen LogP contribution is 2.37. The van der Waals surface area contributed by atoms with Crippen molar-refractivity contribution < 1.29 is 17.9 Å². The molecule has 170 valence electrons. The molecule has 3 heterocycles. The Morgan fingerprint density at radius 1 is 1.12 bits per heavy atom. The van der Waals surface area contributed by atoms with E-state index in [0.717, 1.165) is 42.4 Å². The number of aromatic nitrogens is 1.